The Bertz CT molecular complexity index is 977. The lowest BCUT2D eigenvalue weighted by Gasteiger charge is -2.04. The van der Waals surface area contributed by atoms with Crippen LogP contribution in [0.3, 0.4) is 0 Å². The highest BCUT2D eigenvalue weighted by Crippen LogP contribution is 2.29. The van der Waals surface area contributed by atoms with Gasteiger partial charge in [0.25, 0.3) is 0 Å². The molecule has 0 aliphatic rings. The van der Waals surface area contributed by atoms with E-state index in [1.165, 1.54) is 18.3 Å². The molecule has 2 amide bonds. The maximum Gasteiger partial charge on any atom is 0.231 e. The van der Waals surface area contributed by atoms with Crippen LogP contribution in [-0.2, 0) is 16.0 Å². The molecule has 0 bridgehead atoms. The molecule has 0 fully saturated rings. The summed E-state index contributed by atoms with van der Waals surface area (Å²) in [5.41, 5.74) is 4.47. The summed E-state index contributed by atoms with van der Waals surface area (Å²) in [6, 6.07) is 15.3. The predicted octanol–water partition coefficient (Wildman–Crippen LogP) is 4.57. The molecule has 0 aliphatic heterocycles. The lowest BCUT2D eigenvalue weighted by molar-refractivity contribution is -0.116. The molecule has 0 atom stereocenters. The van der Waals surface area contributed by atoms with Gasteiger partial charge in [0, 0.05) is 28.7 Å². The lowest BCUT2D eigenvalue weighted by Crippen LogP contribution is -2.14. The van der Waals surface area contributed by atoms with Gasteiger partial charge in [-0.25, -0.2) is 4.98 Å². The fourth-order valence-electron chi connectivity index (χ4n) is 2.77. The van der Waals surface area contributed by atoms with Crippen molar-refractivity contribution < 1.29 is 9.59 Å². The predicted molar refractivity (Wildman–Crippen MR) is 110 cm³/mol. The standard InChI is InChI=1S/C21H21N3O2S/c1-13-5-4-6-18(11-13)23-19(26)12-20-24-21(14(2)27-20)16-7-9-17(10-8-16)22-15(3)25/h4-11H,12H2,1-3H3,(H,22,25)(H,23,26). The highest BCUT2D eigenvalue weighted by molar-refractivity contribution is 7.12. The molecule has 138 valence electrons. The van der Waals surface area contributed by atoms with Crippen LogP contribution in [0.2, 0.25) is 0 Å². The molecule has 1 aromatic heterocycles. The van der Waals surface area contributed by atoms with Crippen LogP contribution in [0, 0.1) is 13.8 Å². The molecule has 2 N–H and O–H groups in total. The molecule has 0 radical (unpaired) electrons. The number of carbonyl (C=O) groups excluding carboxylic acids is 2. The molecule has 27 heavy (non-hydrogen) atoms. The number of aryl methyl sites for hydroxylation is 2. The second-order valence-corrected chi connectivity index (χ2v) is 7.65. The first-order valence-corrected chi connectivity index (χ1v) is 9.43. The van der Waals surface area contributed by atoms with E-state index in [9.17, 15) is 9.59 Å². The number of hydrogen-bond donors (Lipinski definition) is 2. The molecule has 0 spiro atoms. The van der Waals surface area contributed by atoms with Crippen molar-refractivity contribution in [2.75, 3.05) is 10.6 Å². The van der Waals surface area contributed by atoms with Crippen molar-refractivity contribution in [1.82, 2.24) is 4.98 Å². The minimum absolute atomic E-state index is 0.0816. The summed E-state index contributed by atoms with van der Waals surface area (Å²) in [6.07, 6.45) is 0.240. The van der Waals surface area contributed by atoms with Crippen molar-refractivity contribution in [3.8, 4) is 11.3 Å². The number of amides is 2. The summed E-state index contributed by atoms with van der Waals surface area (Å²) in [5.74, 6) is -0.184. The molecule has 0 saturated carbocycles. The summed E-state index contributed by atoms with van der Waals surface area (Å²) in [6.45, 7) is 5.46. The van der Waals surface area contributed by atoms with Gasteiger partial charge in [-0.3, -0.25) is 9.59 Å². The van der Waals surface area contributed by atoms with Crippen molar-refractivity contribution in [3.63, 3.8) is 0 Å². The zero-order chi connectivity index (χ0) is 19.4. The molecule has 2 aromatic carbocycles. The summed E-state index contributed by atoms with van der Waals surface area (Å²) in [4.78, 5) is 29.1. The minimum atomic E-state index is -0.102. The van der Waals surface area contributed by atoms with Gasteiger partial charge in [0.05, 0.1) is 12.1 Å². The van der Waals surface area contributed by atoms with Crippen molar-refractivity contribution >= 4 is 34.5 Å². The molecule has 0 saturated heterocycles. The zero-order valence-electron chi connectivity index (χ0n) is 15.5. The molecular formula is C21H21N3O2S. The third-order valence-electron chi connectivity index (χ3n) is 3.93. The fraction of sp³-hybridized carbons (Fsp3) is 0.190. The Hall–Kier alpha value is -2.99. The highest BCUT2D eigenvalue weighted by atomic mass is 32.1. The highest BCUT2D eigenvalue weighted by Gasteiger charge is 2.13. The van der Waals surface area contributed by atoms with Crippen molar-refractivity contribution in [2.24, 2.45) is 0 Å². The van der Waals surface area contributed by atoms with E-state index in [1.807, 2.05) is 62.4 Å². The number of aromatic nitrogens is 1. The normalized spacial score (nSPS) is 10.5. The molecule has 6 heteroatoms. The number of benzene rings is 2. The van der Waals surface area contributed by atoms with Gasteiger partial charge < -0.3 is 10.6 Å². The quantitative estimate of drug-likeness (QED) is 0.682. The monoisotopic (exact) mass is 379 g/mol. The van der Waals surface area contributed by atoms with E-state index in [1.54, 1.807) is 0 Å². The average Bonchev–Trinajstić information content (AvgIpc) is 2.95. The second kappa shape index (κ2) is 8.14. The van der Waals surface area contributed by atoms with Crippen molar-refractivity contribution in [3.05, 3.63) is 64.0 Å². The first kappa shape index (κ1) is 18.8. The Morgan fingerprint density at radius 1 is 1.00 bits per heavy atom. The number of thiazole rings is 1. The lowest BCUT2D eigenvalue weighted by atomic mass is 10.1. The third kappa shape index (κ3) is 5.01. The summed E-state index contributed by atoms with van der Waals surface area (Å²) in [5, 5.41) is 6.44. The molecule has 0 unspecified atom stereocenters. The summed E-state index contributed by atoms with van der Waals surface area (Å²) < 4.78 is 0. The van der Waals surface area contributed by atoms with E-state index >= 15 is 0 Å². The maximum absolute atomic E-state index is 12.3. The van der Waals surface area contributed by atoms with Gasteiger partial charge >= 0.3 is 0 Å². The Balaban J connectivity index is 1.70. The van der Waals surface area contributed by atoms with Crippen LogP contribution in [0.15, 0.2) is 48.5 Å². The molecule has 1 heterocycles. The Labute approximate surface area is 162 Å². The number of nitrogens with one attached hydrogen (secondary N) is 2. The number of hydrogen-bond acceptors (Lipinski definition) is 4. The van der Waals surface area contributed by atoms with E-state index in [-0.39, 0.29) is 18.2 Å². The molecule has 3 rings (SSSR count). The average molecular weight is 379 g/mol. The number of nitrogens with zero attached hydrogens (tertiary/aromatic N) is 1. The molecule has 5 nitrogen and oxygen atoms in total. The Morgan fingerprint density at radius 2 is 1.74 bits per heavy atom. The number of carbonyl (C=O) groups is 2. The fourth-order valence-corrected chi connectivity index (χ4v) is 3.73. The van der Waals surface area contributed by atoms with Gasteiger partial charge in [0.1, 0.15) is 5.01 Å². The van der Waals surface area contributed by atoms with Gasteiger partial charge in [-0.1, -0.05) is 24.3 Å². The van der Waals surface area contributed by atoms with Gasteiger partial charge in [-0.2, -0.15) is 0 Å². The minimum Gasteiger partial charge on any atom is -0.326 e. The van der Waals surface area contributed by atoms with Gasteiger partial charge in [-0.15, -0.1) is 11.3 Å². The number of rotatable bonds is 5. The van der Waals surface area contributed by atoms with Crippen molar-refractivity contribution in [2.45, 2.75) is 27.2 Å². The first-order valence-electron chi connectivity index (χ1n) is 8.61. The van der Waals surface area contributed by atoms with E-state index in [0.29, 0.717) is 0 Å². The van der Waals surface area contributed by atoms with Crippen LogP contribution in [0.5, 0.6) is 0 Å². The Morgan fingerprint density at radius 3 is 2.41 bits per heavy atom. The molecule has 0 aliphatic carbocycles. The van der Waals surface area contributed by atoms with Crippen LogP contribution in [0.25, 0.3) is 11.3 Å². The van der Waals surface area contributed by atoms with Crippen LogP contribution in [0.1, 0.15) is 22.4 Å². The van der Waals surface area contributed by atoms with E-state index in [0.717, 1.165) is 38.1 Å². The van der Waals surface area contributed by atoms with Crippen LogP contribution >= 0.6 is 11.3 Å². The van der Waals surface area contributed by atoms with Crippen LogP contribution < -0.4 is 10.6 Å². The SMILES string of the molecule is CC(=O)Nc1ccc(-c2nc(CC(=O)Nc3cccc(C)c3)sc2C)cc1. The second-order valence-electron chi connectivity index (χ2n) is 6.37. The van der Waals surface area contributed by atoms with Gasteiger partial charge in [-0.05, 0) is 43.7 Å². The van der Waals surface area contributed by atoms with Gasteiger partial charge in [0.2, 0.25) is 11.8 Å². The van der Waals surface area contributed by atoms with Crippen molar-refractivity contribution in [1.29, 1.82) is 0 Å². The summed E-state index contributed by atoms with van der Waals surface area (Å²) >= 11 is 1.52. The largest absolute Gasteiger partial charge is 0.326 e. The van der Waals surface area contributed by atoms with E-state index < -0.39 is 0 Å². The zero-order valence-corrected chi connectivity index (χ0v) is 16.3. The van der Waals surface area contributed by atoms with Crippen LogP contribution in [0.4, 0.5) is 11.4 Å². The third-order valence-corrected chi connectivity index (χ3v) is 4.90. The number of anilines is 2. The maximum atomic E-state index is 12.3. The van der Waals surface area contributed by atoms with Gasteiger partial charge in [0.15, 0.2) is 0 Å². The smallest absolute Gasteiger partial charge is 0.231 e. The van der Waals surface area contributed by atoms with Crippen LogP contribution in [-0.4, -0.2) is 16.8 Å². The molecule has 3 aromatic rings. The topological polar surface area (TPSA) is 71.1 Å². The van der Waals surface area contributed by atoms with E-state index in [2.05, 4.69) is 15.6 Å². The Kier molecular flexibility index (Phi) is 5.66. The van der Waals surface area contributed by atoms with E-state index in [4.69, 9.17) is 0 Å². The summed E-state index contributed by atoms with van der Waals surface area (Å²) in [7, 11) is 0. The molecular weight excluding hydrogens is 358 g/mol. The first-order chi connectivity index (χ1) is 12.9.